The van der Waals surface area contributed by atoms with Gasteiger partial charge in [-0.1, -0.05) is 38.0 Å². The molecule has 1 rings (SSSR count). The fourth-order valence-corrected chi connectivity index (χ4v) is 2.65. The molecular weight excluding hydrogens is 270 g/mol. The minimum atomic E-state index is -0.0201. The van der Waals surface area contributed by atoms with Gasteiger partial charge in [0.1, 0.15) is 5.75 Å². The normalized spacial score (nSPS) is 12.7. The van der Waals surface area contributed by atoms with Gasteiger partial charge >= 0.3 is 0 Å². The van der Waals surface area contributed by atoms with Crippen molar-refractivity contribution in [2.45, 2.75) is 45.9 Å². The third-order valence-corrected chi connectivity index (χ3v) is 3.87. The smallest absolute Gasteiger partial charge is 0.124 e. The zero-order valence-corrected chi connectivity index (χ0v) is 14.0. The number of benzene rings is 1. The lowest BCUT2D eigenvalue weighted by Crippen LogP contribution is -2.28. The Morgan fingerprint density at radius 3 is 2.60 bits per heavy atom. The van der Waals surface area contributed by atoms with Crippen LogP contribution in [0.1, 0.15) is 50.1 Å². The third-order valence-electron chi connectivity index (χ3n) is 3.50. The standard InChI is InChI=1S/C17H28ClNO/c1-5-8-11-19(6-2)13-16(18)15-12-14(4)9-10-17(15)20-7-3/h9-10,12,16H,5-8,11,13H2,1-4H3. The number of nitrogens with zero attached hydrogens (tertiary/aromatic N) is 1. The second kappa shape index (κ2) is 9.25. The molecule has 0 aliphatic heterocycles. The number of hydrogen-bond acceptors (Lipinski definition) is 2. The van der Waals surface area contributed by atoms with Gasteiger partial charge in [-0.25, -0.2) is 0 Å². The second-order valence-electron chi connectivity index (χ2n) is 5.19. The van der Waals surface area contributed by atoms with Gasteiger partial charge in [-0.2, -0.15) is 0 Å². The number of halogens is 1. The zero-order chi connectivity index (χ0) is 15.0. The molecule has 0 saturated heterocycles. The molecule has 0 heterocycles. The third kappa shape index (κ3) is 5.34. The Labute approximate surface area is 129 Å². The molecule has 0 aliphatic rings. The number of aryl methyl sites for hydroxylation is 1. The lowest BCUT2D eigenvalue weighted by Gasteiger charge is -2.24. The molecule has 0 spiro atoms. The van der Waals surface area contributed by atoms with Crippen LogP contribution in [0.5, 0.6) is 5.75 Å². The van der Waals surface area contributed by atoms with E-state index in [4.69, 9.17) is 16.3 Å². The summed E-state index contributed by atoms with van der Waals surface area (Å²) < 4.78 is 5.71. The van der Waals surface area contributed by atoms with E-state index in [1.54, 1.807) is 0 Å². The van der Waals surface area contributed by atoms with Crippen LogP contribution in [-0.2, 0) is 0 Å². The first-order valence-corrected chi connectivity index (χ1v) is 8.15. The molecule has 1 atom stereocenters. The van der Waals surface area contributed by atoms with Gasteiger partial charge in [0.2, 0.25) is 0 Å². The molecule has 1 unspecified atom stereocenters. The molecule has 114 valence electrons. The van der Waals surface area contributed by atoms with Crippen LogP contribution < -0.4 is 4.74 Å². The van der Waals surface area contributed by atoms with Crippen LogP contribution in [0.4, 0.5) is 0 Å². The average molecular weight is 298 g/mol. The van der Waals surface area contributed by atoms with Gasteiger partial charge < -0.3 is 9.64 Å². The van der Waals surface area contributed by atoms with Crippen LogP contribution in [0.3, 0.4) is 0 Å². The van der Waals surface area contributed by atoms with Crippen molar-refractivity contribution in [2.24, 2.45) is 0 Å². The van der Waals surface area contributed by atoms with Gasteiger partial charge in [-0.05, 0) is 39.4 Å². The van der Waals surface area contributed by atoms with Crippen molar-refractivity contribution in [1.29, 1.82) is 0 Å². The number of alkyl halides is 1. The number of rotatable bonds is 9. The molecule has 0 aromatic heterocycles. The molecule has 0 amide bonds. The quantitative estimate of drug-likeness (QED) is 0.607. The van der Waals surface area contributed by atoms with E-state index in [1.165, 1.54) is 18.4 Å². The summed E-state index contributed by atoms with van der Waals surface area (Å²) in [6.45, 7) is 12.2. The van der Waals surface area contributed by atoms with Crippen molar-refractivity contribution in [2.75, 3.05) is 26.2 Å². The van der Waals surface area contributed by atoms with E-state index in [0.717, 1.165) is 30.9 Å². The van der Waals surface area contributed by atoms with E-state index >= 15 is 0 Å². The molecule has 0 fully saturated rings. The maximum Gasteiger partial charge on any atom is 0.124 e. The van der Waals surface area contributed by atoms with E-state index < -0.39 is 0 Å². The topological polar surface area (TPSA) is 12.5 Å². The fraction of sp³-hybridized carbons (Fsp3) is 0.647. The molecule has 0 N–H and O–H groups in total. The lowest BCUT2D eigenvalue weighted by atomic mass is 10.1. The monoisotopic (exact) mass is 297 g/mol. The van der Waals surface area contributed by atoms with Crippen molar-refractivity contribution in [1.82, 2.24) is 4.90 Å². The Morgan fingerprint density at radius 2 is 2.00 bits per heavy atom. The highest BCUT2D eigenvalue weighted by atomic mass is 35.5. The van der Waals surface area contributed by atoms with E-state index in [2.05, 4.69) is 37.8 Å². The second-order valence-corrected chi connectivity index (χ2v) is 5.72. The minimum absolute atomic E-state index is 0.0201. The van der Waals surface area contributed by atoms with Gasteiger partial charge in [0.25, 0.3) is 0 Å². The molecule has 0 bridgehead atoms. The summed E-state index contributed by atoms with van der Waals surface area (Å²) in [6.07, 6.45) is 2.45. The molecule has 2 nitrogen and oxygen atoms in total. The van der Waals surface area contributed by atoms with E-state index in [0.29, 0.717) is 6.61 Å². The van der Waals surface area contributed by atoms with E-state index in [1.807, 2.05) is 13.0 Å². The summed E-state index contributed by atoms with van der Waals surface area (Å²) >= 11 is 6.65. The molecule has 20 heavy (non-hydrogen) atoms. The maximum atomic E-state index is 6.65. The number of unbranched alkanes of at least 4 members (excludes halogenated alkanes) is 1. The Bertz CT molecular complexity index is 395. The SMILES string of the molecule is CCCCN(CC)CC(Cl)c1cc(C)ccc1OCC. The molecule has 0 aliphatic carbocycles. The van der Waals surface area contributed by atoms with Gasteiger partial charge in [0, 0.05) is 12.1 Å². The van der Waals surface area contributed by atoms with Crippen LogP contribution in [0, 0.1) is 6.92 Å². The molecular formula is C17H28ClNO. The average Bonchev–Trinajstić information content (AvgIpc) is 2.45. The highest BCUT2D eigenvalue weighted by Crippen LogP contribution is 2.31. The molecule has 0 saturated carbocycles. The molecule has 3 heteroatoms. The highest BCUT2D eigenvalue weighted by Gasteiger charge is 2.17. The first-order chi connectivity index (χ1) is 9.62. The fourth-order valence-electron chi connectivity index (χ4n) is 2.28. The molecule has 1 aromatic carbocycles. The number of ether oxygens (including phenoxy) is 1. The van der Waals surface area contributed by atoms with Crippen molar-refractivity contribution < 1.29 is 4.74 Å². The summed E-state index contributed by atoms with van der Waals surface area (Å²) in [4.78, 5) is 2.42. The lowest BCUT2D eigenvalue weighted by molar-refractivity contribution is 0.280. The van der Waals surface area contributed by atoms with Gasteiger partial charge in [-0.3, -0.25) is 0 Å². The van der Waals surface area contributed by atoms with Crippen LogP contribution >= 0.6 is 11.6 Å². The van der Waals surface area contributed by atoms with Crippen molar-refractivity contribution >= 4 is 11.6 Å². The first kappa shape index (κ1) is 17.3. The van der Waals surface area contributed by atoms with Gasteiger partial charge in [-0.15, -0.1) is 11.6 Å². The van der Waals surface area contributed by atoms with Crippen molar-refractivity contribution in [3.05, 3.63) is 29.3 Å². The molecule has 1 aromatic rings. The largest absolute Gasteiger partial charge is 0.494 e. The van der Waals surface area contributed by atoms with Crippen LogP contribution in [0.25, 0.3) is 0 Å². The van der Waals surface area contributed by atoms with Crippen molar-refractivity contribution in [3.8, 4) is 5.75 Å². The minimum Gasteiger partial charge on any atom is -0.494 e. The predicted octanol–water partition coefficient (Wildman–Crippen LogP) is 4.80. The Morgan fingerprint density at radius 1 is 1.25 bits per heavy atom. The molecule has 0 radical (unpaired) electrons. The summed E-state index contributed by atoms with van der Waals surface area (Å²) in [6, 6.07) is 6.26. The summed E-state index contributed by atoms with van der Waals surface area (Å²) in [7, 11) is 0. The number of hydrogen-bond donors (Lipinski definition) is 0. The van der Waals surface area contributed by atoms with E-state index in [-0.39, 0.29) is 5.38 Å². The zero-order valence-electron chi connectivity index (χ0n) is 13.3. The van der Waals surface area contributed by atoms with Gasteiger partial charge in [0.15, 0.2) is 0 Å². The Hall–Kier alpha value is -0.730. The Balaban J connectivity index is 2.78. The summed E-state index contributed by atoms with van der Waals surface area (Å²) in [5.74, 6) is 0.921. The van der Waals surface area contributed by atoms with Crippen LogP contribution in [0.15, 0.2) is 18.2 Å². The summed E-state index contributed by atoms with van der Waals surface area (Å²) in [5.41, 5.74) is 2.34. The first-order valence-electron chi connectivity index (χ1n) is 7.72. The van der Waals surface area contributed by atoms with Crippen molar-refractivity contribution in [3.63, 3.8) is 0 Å². The van der Waals surface area contributed by atoms with Gasteiger partial charge in [0.05, 0.1) is 12.0 Å². The predicted molar refractivity (Wildman–Crippen MR) is 88.0 cm³/mol. The maximum absolute atomic E-state index is 6.65. The van der Waals surface area contributed by atoms with E-state index in [9.17, 15) is 0 Å². The number of likely N-dealkylation sites (N-methyl/N-ethyl adjacent to an activating group) is 1. The summed E-state index contributed by atoms with van der Waals surface area (Å²) in [5, 5.41) is -0.0201. The Kier molecular flexibility index (Phi) is 8.01. The highest BCUT2D eigenvalue weighted by molar-refractivity contribution is 6.21. The van der Waals surface area contributed by atoms with Crippen LogP contribution in [0.2, 0.25) is 0 Å². The van der Waals surface area contributed by atoms with Crippen LogP contribution in [-0.4, -0.2) is 31.1 Å².